The molecule has 1 aromatic carbocycles. The van der Waals surface area contributed by atoms with Gasteiger partial charge in [0.2, 0.25) is 5.50 Å². The summed E-state index contributed by atoms with van der Waals surface area (Å²) in [6, 6.07) is 8.04. The Morgan fingerprint density at radius 1 is 1.42 bits per heavy atom. The van der Waals surface area contributed by atoms with Crippen LogP contribution in [-0.2, 0) is 0 Å². The predicted octanol–water partition coefficient (Wildman–Crippen LogP) is 2.58. The van der Waals surface area contributed by atoms with Crippen molar-refractivity contribution in [2.24, 2.45) is 0 Å². The van der Waals surface area contributed by atoms with Crippen LogP contribution in [0, 0.1) is 10.1 Å². The lowest BCUT2D eigenvalue weighted by Gasteiger charge is -1.99. The van der Waals surface area contributed by atoms with E-state index in [1.54, 1.807) is 18.2 Å². The van der Waals surface area contributed by atoms with Crippen LogP contribution < -0.4 is 0 Å². The van der Waals surface area contributed by atoms with Gasteiger partial charge in [0.15, 0.2) is 0 Å². The highest BCUT2D eigenvalue weighted by atomic mass is 32.2. The van der Waals surface area contributed by atoms with Crippen molar-refractivity contribution in [2.45, 2.75) is 5.50 Å². The van der Waals surface area contributed by atoms with Crippen LogP contribution in [0.2, 0.25) is 0 Å². The zero-order valence-corrected chi connectivity index (χ0v) is 6.83. The highest BCUT2D eigenvalue weighted by Crippen LogP contribution is 2.29. The first kappa shape index (κ1) is 8.99. The molecule has 0 heterocycles. The Kier molecular flexibility index (Phi) is 3.04. The number of rotatable bonds is 3. The molecule has 12 heavy (non-hydrogen) atoms. The van der Waals surface area contributed by atoms with Gasteiger partial charge in [-0.15, -0.1) is 0 Å². The average molecular weight is 187 g/mol. The quantitative estimate of drug-likeness (QED) is 0.415. The Balaban J connectivity index is 2.65. The van der Waals surface area contributed by atoms with E-state index in [0.29, 0.717) is 5.56 Å². The van der Waals surface area contributed by atoms with Crippen molar-refractivity contribution in [1.82, 2.24) is 0 Å². The summed E-state index contributed by atoms with van der Waals surface area (Å²) in [4.78, 5) is 9.91. The Bertz CT molecular complexity index is 267. The van der Waals surface area contributed by atoms with Crippen molar-refractivity contribution in [1.29, 1.82) is 0 Å². The summed E-state index contributed by atoms with van der Waals surface area (Å²) in [7, 11) is 0. The number of nitrogens with zero attached hydrogens (tertiary/aromatic N) is 1. The molecular formula is C7H6FNO2S. The van der Waals surface area contributed by atoms with E-state index in [1.807, 2.05) is 0 Å². The Morgan fingerprint density at radius 3 is 2.50 bits per heavy atom. The van der Waals surface area contributed by atoms with Crippen LogP contribution >= 0.6 is 11.9 Å². The second kappa shape index (κ2) is 4.06. The summed E-state index contributed by atoms with van der Waals surface area (Å²) in [6.07, 6.45) is 0. The van der Waals surface area contributed by atoms with E-state index in [9.17, 15) is 14.5 Å². The molecule has 5 heteroatoms. The van der Waals surface area contributed by atoms with E-state index in [0.717, 1.165) is 0 Å². The second-order valence-corrected chi connectivity index (χ2v) is 2.98. The van der Waals surface area contributed by atoms with Gasteiger partial charge in [0.25, 0.3) is 11.9 Å². The fraction of sp³-hybridized carbons (Fsp3) is 0.143. The van der Waals surface area contributed by atoms with Crippen molar-refractivity contribution in [3.63, 3.8) is 0 Å². The summed E-state index contributed by atoms with van der Waals surface area (Å²) in [6.45, 7) is 0. The van der Waals surface area contributed by atoms with Crippen LogP contribution in [-0.4, -0.2) is 4.33 Å². The minimum Gasteiger partial charge on any atom is -0.251 e. The third-order valence-corrected chi connectivity index (χ3v) is 1.87. The van der Waals surface area contributed by atoms with Crippen molar-refractivity contribution >= 4 is 11.9 Å². The first-order valence-corrected chi connectivity index (χ1v) is 4.04. The lowest BCUT2D eigenvalue weighted by molar-refractivity contribution is -0.286. The molecule has 0 aliphatic rings. The number of hydrogen-bond donors (Lipinski definition) is 0. The van der Waals surface area contributed by atoms with E-state index in [1.165, 1.54) is 12.1 Å². The van der Waals surface area contributed by atoms with Gasteiger partial charge in [-0.2, -0.15) is 0 Å². The molecule has 1 atom stereocenters. The first-order chi connectivity index (χ1) is 5.70. The first-order valence-electron chi connectivity index (χ1n) is 3.20. The molecule has 0 aromatic heterocycles. The van der Waals surface area contributed by atoms with E-state index >= 15 is 0 Å². The van der Waals surface area contributed by atoms with Gasteiger partial charge in [-0.05, 0) is 0 Å². The SMILES string of the molecule is O=[N+]([O-])SC(F)c1ccccc1. The minimum absolute atomic E-state index is 0.0631. The van der Waals surface area contributed by atoms with E-state index in [2.05, 4.69) is 0 Å². The molecule has 0 spiro atoms. The molecule has 0 bridgehead atoms. The Hall–Kier alpha value is -1.10. The van der Waals surface area contributed by atoms with Gasteiger partial charge < -0.3 is 0 Å². The fourth-order valence-corrected chi connectivity index (χ4v) is 1.17. The number of alkyl halides is 1. The van der Waals surface area contributed by atoms with Crippen molar-refractivity contribution in [2.75, 3.05) is 0 Å². The third-order valence-electron chi connectivity index (χ3n) is 1.24. The van der Waals surface area contributed by atoms with Crippen molar-refractivity contribution in [3.8, 4) is 0 Å². The standard InChI is InChI=1S/C7H6FNO2S/c8-7(12-9(10)11)6-4-2-1-3-5-6/h1-5,7H. The summed E-state index contributed by atoms with van der Waals surface area (Å²) in [5, 5.41) is 9.91. The maximum absolute atomic E-state index is 12.9. The summed E-state index contributed by atoms with van der Waals surface area (Å²) in [5.74, 6) is 0. The fourth-order valence-electron chi connectivity index (χ4n) is 0.741. The topological polar surface area (TPSA) is 43.1 Å². The normalized spacial score (nSPS) is 12.4. The van der Waals surface area contributed by atoms with Crippen LogP contribution in [0.25, 0.3) is 0 Å². The van der Waals surface area contributed by atoms with Gasteiger partial charge >= 0.3 is 0 Å². The Labute approximate surface area is 72.9 Å². The average Bonchev–Trinajstić information content (AvgIpc) is 2.05. The summed E-state index contributed by atoms with van der Waals surface area (Å²) < 4.78 is 12.2. The van der Waals surface area contributed by atoms with Crippen LogP contribution in [0.3, 0.4) is 0 Å². The van der Waals surface area contributed by atoms with Gasteiger partial charge in [-0.3, -0.25) is 10.1 Å². The van der Waals surface area contributed by atoms with Crippen LogP contribution in [0.1, 0.15) is 11.1 Å². The molecular weight excluding hydrogens is 181 g/mol. The lowest BCUT2D eigenvalue weighted by atomic mass is 10.2. The van der Waals surface area contributed by atoms with Gasteiger partial charge in [0, 0.05) is 5.56 Å². The van der Waals surface area contributed by atoms with Crippen molar-refractivity contribution < 1.29 is 8.72 Å². The van der Waals surface area contributed by atoms with Gasteiger partial charge in [0.1, 0.15) is 4.33 Å². The van der Waals surface area contributed by atoms with Crippen LogP contribution in [0.5, 0.6) is 0 Å². The molecule has 64 valence electrons. The monoisotopic (exact) mass is 187 g/mol. The molecule has 0 aliphatic heterocycles. The molecule has 1 rings (SSSR count). The van der Waals surface area contributed by atoms with Crippen molar-refractivity contribution in [3.05, 3.63) is 46.0 Å². The van der Waals surface area contributed by atoms with E-state index in [-0.39, 0.29) is 11.9 Å². The molecule has 0 N–H and O–H groups in total. The number of benzene rings is 1. The summed E-state index contributed by atoms with van der Waals surface area (Å²) in [5.41, 5.74) is -1.26. The minimum atomic E-state index is -1.58. The van der Waals surface area contributed by atoms with Gasteiger partial charge in [-0.1, -0.05) is 30.3 Å². The maximum atomic E-state index is 12.9. The van der Waals surface area contributed by atoms with Crippen LogP contribution in [0.4, 0.5) is 4.39 Å². The number of halogens is 1. The smallest absolute Gasteiger partial charge is 0.251 e. The largest absolute Gasteiger partial charge is 0.270 e. The predicted molar refractivity (Wildman–Crippen MR) is 44.9 cm³/mol. The second-order valence-electron chi connectivity index (χ2n) is 2.06. The molecule has 0 amide bonds. The molecule has 0 aliphatic carbocycles. The maximum Gasteiger partial charge on any atom is 0.270 e. The molecule has 0 saturated carbocycles. The Morgan fingerprint density at radius 2 is 2.00 bits per heavy atom. The van der Waals surface area contributed by atoms with Crippen LogP contribution in [0.15, 0.2) is 30.3 Å². The van der Waals surface area contributed by atoms with E-state index in [4.69, 9.17) is 0 Å². The third kappa shape index (κ3) is 2.50. The number of nitro groups is 1. The highest BCUT2D eigenvalue weighted by molar-refractivity contribution is 7.93. The summed E-state index contributed by atoms with van der Waals surface area (Å²) >= 11 is 0.0631. The van der Waals surface area contributed by atoms with Gasteiger partial charge in [0.05, 0.1) is 0 Å². The molecule has 1 unspecified atom stereocenters. The molecule has 0 fully saturated rings. The highest BCUT2D eigenvalue weighted by Gasteiger charge is 2.18. The lowest BCUT2D eigenvalue weighted by Crippen LogP contribution is -1.91. The number of hydrogen-bond acceptors (Lipinski definition) is 3. The molecule has 0 saturated heterocycles. The molecule has 3 nitrogen and oxygen atoms in total. The molecule has 0 radical (unpaired) electrons. The zero-order chi connectivity index (χ0) is 8.97. The molecule has 1 aromatic rings. The van der Waals surface area contributed by atoms with E-state index < -0.39 is 9.83 Å². The zero-order valence-electron chi connectivity index (χ0n) is 6.01. The van der Waals surface area contributed by atoms with Gasteiger partial charge in [-0.25, -0.2) is 4.39 Å².